The normalized spacial score (nSPS) is 11.4. The van der Waals surface area contributed by atoms with E-state index in [0.717, 1.165) is 11.1 Å². The van der Waals surface area contributed by atoms with Gasteiger partial charge < -0.3 is 4.74 Å². The summed E-state index contributed by atoms with van der Waals surface area (Å²) < 4.78 is 6.61. The Morgan fingerprint density at radius 3 is 2.39 bits per heavy atom. The first-order valence-electron chi connectivity index (χ1n) is 10.5. The van der Waals surface area contributed by atoms with Crippen molar-refractivity contribution in [1.29, 1.82) is 0 Å². The standard InChI is InChI=1S/C25H21N5O3/c1-14(2)15-4-7-17(8-5-15)30-23-18(24(31)29-25(30)32)13-26-20-10-9-19(28-22(20)23)16-6-11-21(33-3)27-12-16/h4-14H,1-3H3,(H,29,31,32). The molecule has 1 N–H and O–H groups in total. The van der Waals surface area contributed by atoms with E-state index >= 15 is 0 Å². The molecule has 5 rings (SSSR count). The predicted molar refractivity (Wildman–Crippen MR) is 127 cm³/mol. The Hall–Kier alpha value is -4.33. The number of hydrogen-bond acceptors (Lipinski definition) is 6. The molecule has 0 saturated heterocycles. The van der Waals surface area contributed by atoms with Gasteiger partial charge in [-0.25, -0.2) is 14.8 Å². The number of aromatic nitrogens is 5. The summed E-state index contributed by atoms with van der Waals surface area (Å²) in [5.74, 6) is 0.854. The topological polar surface area (TPSA) is 103 Å². The van der Waals surface area contributed by atoms with Crippen LogP contribution in [0.1, 0.15) is 25.3 Å². The number of pyridine rings is 3. The summed E-state index contributed by atoms with van der Waals surface area (Å²) in [6.45, 7) is 4.21. The van der Waals surface area contributed by atoms with Crippen LogP contribution < -0.4 is 16.0 Å². The second-order valence-corrected chi connectivity index (χ2v) is 8.01. The van der Waals surface area contributed by atoms with Crippen LogP contribution in [-0.2, 0) is 0 Å². The van der Waals surface area contributed by atoms with Gasteiger partial charge in [-0.15, -0.1) is 0 Å². The number of aromatic amines is 1. The zero-order chi connectivity index (χ0) is 23.1. The average Bonchev–Trinajstić information content (AvgIpc) is 2.84. The van der Waals surface area contributed by atoms with Gasteiger partial charge in [0.1, 0.15) is 5.52 Å². The van der Waals surface area contributed by atoms with Crippen LogP contribution in [0.5, 0.6) is 5.88 Å². The zero-order valence-corrected chi connectivity index (χ0v) is 18.4. The third kappa shape index (κ3) is 3.55. The molecule has 33 heavy (non-hydrogen) atoms. The summed E-state index contributed by atoms with van der Waals surface area (Å²) in [5.41, 5.74) is 3.61. The first kappa shape index (κ1) is 20.6. The highest BCUT2D eigenvalue weighted by Gasteiger charge is 2.16. The maximum absolute atomic E-state index is 13.0. The van der Waals surface area contributed by atoms with Gasteiger partial charge >= 0.3 is 5.69 Å². The van der Waals surface area contributed by atoms with Gasteiger partial charge in [0.2, 0.25) is 5.88 Å². The Kier molecular flexibility index (Phi) is 4.97. The summed E-state index contributed by atoms with van der Waals surface area (Å²) in [5, 5.41) is 0.285. The van der Waals surface area contributed by atoms with Gasteiger partial charge in [0.15, 0.2) is 0 Å². The molecule has 0 radical (unpaired) electrons. The lowest BCUT2D eigenvalue weighted by atomic mass is 10.0. The number of rotatable bonds is 4. The number of H-pyrrole nitrogens is 1. The molecule has 0 atom stereocenters. The largest absolute Gasteiger partial charge is 0.481 e. The summed E-state index contributed by atoms with van der Waals surface area (Å²) in [7, 11) is 1.55. The van der Waals surface area contributed by atoms with Crippen molar-refractivity contribution in [2.75, 3.05) is 7.11 Å². The van der Waals surface area contributed by atoms with E-state index in [4.69, 9.17) is 9.72 Å². The van der Waals surface area contributed by atoms with Crippen LogP contribution in [0.3, 0.4) is 0 Å². The quantitative estimate of drug-likeness (QED) is 0.427. The fourth-order valence-electron chi connectivity index (χ4n) is 3.84. The van der Waals surface area contributed by atoms with Crippen molar-refractivity contribution in [3.63, 3.8) is 0 Å². The number of ether oxygens (including phenoxy) is 1. The van der Waals surface area contributed by atoms with Crippen molar-refractivity contribution >= 4 is 21.9 Å². The molecule has 0 aliphatic carbocycles. The Bertz CT molecular complexity index is 1600. The first-order valence-corrected chi connectivity index (χ1v) is 10.5. The van der Waals surface area contributed by atoms with Gasteiger partial charge in [0.05, 0.1) is 34.9 Å². The fraction of sp³-hybridized carbons (Fsp3) is 0.160. The van der Waals surface area contributed by atoms with E-state index in [0.29, 0.717) is 39.7 Å². The molecule has 1 aromatic carbocycles. The lowest BCUT2D eigenvalue weighted by Crippen LogP contribution is -2.29. The van der Waals surface area contributed by atoms with E-state index < -0.39 is 11.2 Å². The molecule has 0 amide bonds. The van der Waals surface area contributed by atoms with Crippen molar-refractivity contribution in [2.45, 2.75) is 19.8 Å². The average molecular weight is 439 g/mol. The predicted octanol–water partition coefficient (Wildman–Crippen LogP) is 3.82. The van der Waals surface area contributed by atoms with Gasteiger partial charge in [-0.2, -0.15) is 0 Å². The molecule has 8 heteroatoms. The van der Waals surface area contributed by atoms with Crippen LogP contribution in [0, 0.1) is 0 Å². The Balaban J connectivity index is 1.82. The van der Waals surface area contributed by atoms with Gasteiger partial charge in [-0.1, -0.05) is 26.0 Å². The number of nitrogens with zero attached hydrogens (tertiary/aromatic N) is 4. The molecule has 0 saturated carbocycles. The maximum atomic E-state index is 13.0. The molecule has 0 spiro atoms. The summed E-state index contributed by atoms with van der Waals surface area (Å²) in [6.07, 6.45) is 3.14. The van der Waals surface area contributed by atoms with Crippen LogP contribution in [0.2, 0.25) is 0 Å². The van der Waals surface area contributed by atoms with Crippen LogP contribution in [0.25, 0.3) is 38.9 Å². The minimum atomic E-state index is -0.532. The van der Waals surface area contributed by atoms with Crippen molar-refractivity contribution < 1.29 is 4.74 Å². The van der Waals surface area contributed by atoms with E-state index in [-0.39, 0.29) is 5.39 Å². The summed E-state index contributed by atoms with van der Waals surface area (Å²) in [4.78, 5) is 41.4. The molecule has 0 bridgehead atoms. The lowest BCUT2D eigenvalue weighted by Gasteiger charge is -2.13. The second-order valence-electron chi connectivity index (χ2n) is 8.01. The third-order valence-corrected chi connectivity index (χ3v) is 5.64. The Morgan fingerprint density at radius 2 is 1.73 bits per heavy atom. The highest BCUT2D eigenvalue weighted by Crippen LogP contribution is 2.26. The van der Waals surface area contributed by atoms with Crippen molar-refractivity contribution in [3.05, 3.63) is 87.3 Å². The molecule has 0 aliphatic heterocycles. The second kappa shape index (κ2) is 7.98. The Labute approximate surface area is 188 Å². The Morgan fingerprint density at radius 1 is 0.939 bits per heavy atom. The molecule has 0 aliphatic rings. The van der Waals surface area contributed by atoms with Crippen LogP contribution in [0.4, 0.5) is 0 Å². The monoisotopic (exact) mass is 439 g/mol. The highest BCUT2D eigenvalue weighted by molar-refractivity contribution is 6.01. The molecule has 0 unspecified atom stereocenters. The van der Waals surface area contributed by atoms with Gasteiger partial charge in [0, 0.05) is 24.0 Å². The molecule has 5 aromatic rings. The zero-order valence-electron chi connectivity index (χ0n) is 18.4. The van der Waals surface area contributed by atoms with Gasteiger partial charge in [-0.05, 0) is 41.8 Å². The van der Waals surface area contributed by atoms with Gasteiger partial charge in [0.25, 0.3) is 5.56 Å². The van der Waals surface area contributed by atoms with Gasteiger partial charge in [-0.3, -0.25) is 19.3 Å². The van der Waals surface area contributed by atoms with E-state index in [9.17, 15) is 9.59 Å². The summed E-state index contributed by atoms with van der Waals surface area (Å²) >= 11 is 0. The number of benzene rings is 1. The molecule has 164 valence electrons. The molecular formula is C25H21N5O3. The third-order valence-electron chi connectivity index (χ3n) is 5.64. The van der Waals surface area contributed by atoms with Crippen LogP contribution in [-0.4, -0.2) is 31.6 Å². The molecule has 4 heterocycles. The first-order chi connectivity index (χ1) is 16.0. The van der Waals surface area contributed by atoms with E-state index in [1.165, 1.54) is 10.8 Å². The molecule has 8 nitrogen and oxygen atoms in total. The fourth-order valence-corrected chi connectivity index (χ4v) is 3.84. The number of fused-ring (bicyclic) bond motifs is 3. The van der Waals surface area contributed by atoms with Crippen LogP contribution >= 0.6 is 0 Å². The van der Waals surface area contributed by atoms with E-state index in [1.807, 2.05) is 42.5 Å². The number of nitrogens with one attached hydrogen (secondary N) is 1. The van der Waals surface area contributed by atoms with Crippen LogP contribution in [0.15, 0.2) is 70.5 Å². The number of methoxy groups -OCH3 is 1. The molecule has 0 fully saturated rings. The van der Waals surface area contributed by atoms with Crippen molar-refractivity contribution in [3.8, 4) is 22.8 Å². The lowest BCUT2D eigenvalue weighted by molar-refractivity contribution is 0.398. The summed E-state index contributed by atoms with van der Waals surface area (Å²) in [6, 6.07) is 15.0. The smallest absolute Gasteiger partial charge is 0.333 e. The number of hydrogen-bond donors (Lipinski definition) is 1. The molecule has 4 aromatic heterocycles. The van der Waals surface area contributed by atoms with E-state index in [2.05, 4.69) is 28.8 Å². The van der Waals surface area contributed by atoms with E-state index in [1.54, 1.807) is 19.4 Å². The SMILES string of the molecule is COc1ccc(-c2ccc3ncc4c(=O)[nH]c(=O)n(-c5ccc(C(C)C)cc5)c4c3n2)cn1. The minimum absolute atomic E-state index is 0.285. The van der Waals surface area contributed by atoms with Crippen molar-refractivity contribution in [2.24, 2.45) is 0 Å². The maximum Gasteiger partial charge on any atom is 0.333 e. The highest BCUT2D eigenvalue weighted by atomic mass is 16.5. The minimum Gasteiger partial charge on any atom is -0.481 e. The molecular weight excluding hydrogens is 418 g/mol. The van der Waals surface area contributed by atoms with Crippen molar-refractivity contribution in [1.82, 2.24) is 24.5 Å².